The van der Waals surface area contributed by atoms with Crippen molar-refractivity contribution in [2.24, 2.45) is 0 Å². The molecule has 0 spiro atoms. The monoisotopic (exact) mass is 255 g/mol. The molecule has 0 aliphatic rings. The lowest BCUT2D eigenvalue weighted by molar-refractivity contribution is -0.150. The fraction of sp³-hybridized carbons (Fsp3) is 0.545. The number of aromatic nitrogens is 2. The number of amides is 1. The number of aliphatic hydroxyl groups is 1. The third kappa shape index (κ3) is 3.07. The van der Waals surface area contributed by atoms with Crippen LogP contribution in [0.2, 0.25) is 0 Å². The minimum atomic E-state index is -1.20. The molecule has 0 fully saturated rings. The second-order valence-corrected chi connectivity index (χ2v) is 3.56. The molecule has 2 N–H and O–H groups in total. The van der Waals surface area contributed by atoms with Gasteiger partial charge in [0.25, 0.3) is 0 Å². The minimum Gasteiger partial charge on any atom is -0.464 e. The smallest absolute Gasteiger partial charge is 0.331 e. The number of nitrogens with one attached hydrogen (secondary N) is 1. The Morgan fingerprint density at radius 3 is 2.94 bits per heavy atom. The molecule has 0 bridgehead atoms. The molecule has 1 aromatic heterocycles. The standard InChI is InChI=1S/C11H17N3O4/c1-3-14-6-12-5-8(14)10(16)9(13-7-15)11(17)18-4-2/h5-7,9-10,16H,3-4H2,1-2H3,(H,13,15). The molecule has 0 saturated carbocycles. The van der Waals surface area contributed by atoms with Crippen molar-refractivity contribution in [3.63, 3.8) is 0 Å². The van der Waals surface area contributed by atoms with Crippen molar-refractivity contribution >= 4 is 12.4 Å². The number of aliphatic hydroxyl groups excluding tert-OH is 1. The Bertz CT molecular complexity index is 405. The summed E-state index contributed by atoms with van der Waals surface area (Å²) >= 11 is 0. The fourth-order valence-electron chi connectivity index (χ4n) is 1.61. The van der Waals surface area contributed by atoms with Crippen LogP contribution in [0.1, 0.15) is 25.6 Å². The predicted molar refractivity (Wildman–Crippen MR) is 62.5 cm³/mol. The quantitative estimate of drug-likeness (QED) is 0.511. The molecule has 0 aliphatic carbocycles. The number of hydrogen-bond donors (Lipinski definition) is 2. The highest BCUT2D eigenvalue weighted by molar-refractivity contribution is 5.79. The number of nitrogens with zero attached hydrogens (tertiary/aromatic N) is 2. The molecule has 1 amide bonds. The van der Waals surface area contributed by atoms with Gasteiger partial charge in [0, 0.05) is 6.54 Å². The highest BCUT2D eigenvalue weighted by atomic mass is 16.5. The zero-order chi connectivity index (χ0) is 13.5. The molecule has 18 heavy (non-hydrogen) atoms. The van der Waals surface area contributed by atoms with E-state index in [1.54, 1.807) is 17.8 Å². The largest absolute Gasteiger partial charge is 0.464 e. The summed E-state index contributed by atoms with van der Waals surface area (Å²) in [4.78, 5) is 26.0. The zero-order valence-electron chi connectivity index (χ0n) is 10.4. The lowest BCUT2D eigenvalue weighted by Gasteiger charge is -2.21. The van der Waals surface area contributed by atoms with Gasteiger partial charge in [0.2, 0.25) is 6.41 Å². The van der Waals surface area contributed by atoms with Gasteiger partial charge in [-0.15, -0.1) is 0 Å². The van der Waals surface area contributed by atoms with Crippen LogP contribution in [0.5, 0.6) is 0 Å². The normalized spacial score (nSPS) is 13.7. The Hall–Kier alpha value is -1.89. The van der Waals surface area contributed by atoms with Crippen LogP contribution in [0.4, 0.5) is 0 Å². The Morgan fingerprint density at radius 1 is 1.67 bits per heavy atom. The van der Waals surface area contributed by atoms with Crippen molar-refractivity contribution in [2.45, 2.75) is 32.5 Å². The molecular weight excluding hydrogens is 238 g/mol. The van der Waals surface area contributed by atoms with Crippen LogP contribution >= 0.6 is 0 Å². The second-order valence-electron chi connectivity index (χ2n) is 3.56. The fourth-order valence-corrected chi connectivity index (χ4v) is 1.61. The summed E-state index contributed by atoms with van der Waals surface area (Å²) < 4.78 is 6.48. The van der Waals surface area contributed by atoms with E-state index in [0.717, 1.165) is 0 Å². The first-order valence-corrected chi connectivity index (χ1v) is 5.70. The summed E-state index contributed by atoms with van der Waals surface area (Å²) in [6.45, 7) is 4.31. The molecular formula is C11H17N3O4. The van der Waals surface area contributed by atoms with Crippen LogP contribution in [-0.4, -0.2) is 39.7 Å². The molecule has 1 rings (SSSR count). The maximum absolute atomic E-state index is 11.6. The number of imidazole rings is 1. The van der Waals surface area contributed by atoms with E-state index >= 15 is 0 Å². The summed E-state index contributed by atoms with van der Waals surface area (Å²) in [5.41, 5.74) is 0.449. The number of ether oxygens (including phenoxy) is 1. The van der Waals surface area contributed by atoms with Crippen LogP contribution in [0, 0.1) is 0 Å². The molecule has 7 heteroatoms. The molecule has 0 radical (unpaired) electrons. The van der Waals surface area contributed by atoms with Crippen LogP contribution < -0.4 is 5.32 Å². The van der Waals surface area contributed by atoms with E-state index in [-0.39, 0.29) is 6.61 Å². The molecule has 100 valence electrons. The number of carbonyl (C=O) groups is 2. The number of carbonyl (C=O) groups excluding carboxylic acids is 2. The first kappa shape index (κ1) is 14.2. The van der Waals surface area contributed by atoms with Crippen LogP contribution in [0.3, 0.4) is 0 Å². The van der Waals surface area contributed by atoms with E-state index in [1.165, 1.54) is 6.20 Å². The summed E-state index contributed by atoms with van der Waals surface area (Å²) in [7, 11) is 0. The van der Waals surface area contributed by atoms with Gasteiger partial charge in [0.15, 0.2) is 6.04 Å². The number of hydrogen-bond acceptors (Lipinski definition) is 5. The third-order valence-corrected chi connectivity index (χ3v) is 2.49. The number of rotatable bonds is 7. The highest BCUT2D eigenvalue weighted by Gasteiger charge is 2.30. The van der Waals surface area contributed by atoms with Gasteiger partial charge in [-0.25, -0.2) is 9.78 Å². The van der Waals surface area contributed by atoms with E-state index in [2.05, 4.69) is 10.3 Å². The highest BCUT2D eigenvalue weighted by Crippen LogP contribution is 2.17. The van der Waals surface area contributed by atoms with Crippen molar-refractivity contribution in [1.82, 2.24) is 14.9 Å². The molecule has 2 atom stereocenters. The molecule has 2 unspecified atom stereocenters. The SMILES string of the molecule is CCOC(=O)C(NC=O)C(O)c1cncn1CC. The van der Waals surface area contributed by atoms with Gasteiger partial charge in [0.05, 0.1) is 24.8 Å². The zero-order valence-corrected chi connectivity index (χ0v) is 10.4. The van der Waals surface area contributed by atoms with Gasteiger partial charge in [-0.2, -0.15) is 0 Å². The van der Waals surface area contributed by atoms with Crippen LogP contribution in [-0.2, 0) is 20.9 Å². The minimum absolute atomic E-state index is 0.176. The van der Waals surface area contributed by atoms with E-state index in [1.807, 2.05) is 6.92 Å². The maximum atomic E-state index is 11.6. The summed E-state index contributed by atoms with van der Waals surface area (Å²) in [5.74, 6) is -0.680. The molecule has 7 nitrogen and oxygen atoms in total. The van der Waals surface area contributed by atoms with E-state index in [9.17, 15) is 14.7 Å². The first-order valence-electron chi connectivity index (χ1n) is 5.70. The van der Waals surface area contributed by atoms with Crippen molar-refractivity contribution in [2.75, 3.05) is 6.61 Å². The van der Waals surface area contributed by atoms with Crippen LogP contribution in [0.25, 0.3) is 0 Å². The van der Waals surface area contributed by atoms with Gasteiger partial charge in [-0.1, -0.05) is 0 Å². The topological polar surface area (TPSA) is 93.4 Å². The van der Waals surface area contributed by atoms with Gasteiger partial charge in [-0.3, -0.25) is 4.79 Å². The Labute approximate surface area is 105 Å². The Morgan fingerprint density at radius 2 is 2.39 bits per heavy atom. The molecule has 1 heterocycles. The Kier molecular flexibility index (Phi) is 5.31. The average molecular weight is 255 g/mol. The lowest BCUT2D eigenvalue weighted by atomic mass is 10.1. The summed E-state index contributed by atoms with van der Waals surface area (Å²) in [6, 6.07) is -1.13. The van der Waals surface area contributed by atoms with E-state index < -0.39 is 18.1 Å². The van der Waals surface area contributed by atoms with Gasteiger partial charge >= 0.3 is 5.97 Å². The van der Waals surface area contributed by atoms with Crippen molar-refractivity contribution < 1.29 is 19.4 Å². The first-order chi connectivity index (χ1) is 8.65. The van der Waals surface area contributed by atoms with Crippen molar-refractivity contribution in [3.8, 4) is 0 Å². The van der Waals surface area contributed by atoms with E-state index in [0.29, 0.717) is 18.6 Å². The van der Waals surface area contributed by atoms with Crippen LogP contribution in [0.15, 0.2) is 12.5 Å². The molecule has 0 saturated heterocycles. The molecule has 0 aromatic carbocycles. The average Bonchev–Trinajstić information content (AvgIpc) is 2.83. The maximum Gasteiger partial charge on any atom is 0.331 e. The van der Waals surface area contributed by atoms with Crippen molar-refractivity contribution in [1.29, 1.82) is 0 Å². The third-order valence-electron chi connectivity index (χ3n) is 2.49. The van der Waals surface area contributed by atoms with E-state index in [4.69, 9.17) is 4.74 Å². The summed E-state index contributed by atoms with van der Waals surface area (Å²) in [5, 5.41) is 12.4. The van der Waals surface area contributed by atoms with Gasteiger partial charge < -0.3 is 19.7 Å². The van der Waals surface area contributed by atoms with Crippen molar-refractivity contribution in [3.05, 3.63) is 18.2 Å². The number of aryl methyl sites for hydroxylation is 1. The second kappa shape index (κ2) is 6.75. The van der Waals surface area contributed by atoms with Gasteiger partial charge in [-0.05, 0) is 13.8 Å². The Balaban J connectivity index is 2.91. The molecule has 0 aliphatic heterocycles. The summed E-state index contributed by atoms with van der Waals surface area (Å²) in [6.07, 6.45) is 2.16. The van der Waals surface area contributed by atoms with Gasteiger partial charge in [0.1, 0.15) is 6.10 Å². The lowest BCUT2D eigenvalue weighted by Crippen LogP contribution is -2.42. The molecule has 1 aromatic rings. The number of esters is 1. The predicted octanol–water partition coefficient (Wildman–Crippen LogP) is -0.386.